The van der Waals surface area contributed by atoms with Crippen molar-refractivity contribution in [3.8, 4) is 5.75 Å². The van der Waals surface area contributed by atoms with E-state index in [0.29, 0.717) is 6.54 Å². The van der Waals surface area contributed by atoms with Crippen LogP contribution in [0, 0.1) is 6.92 Å². The first-order valence-corrected chi connectivity index (χ1v) is 4.61. The minimum atomic E-state index is 0.548. The van der Waals surface area contributed by atoms with Crippen LogP contribution in [0.4, 0.5) is 0 Å². The molecule has 0 aliphatic rings. The highest BCUT2D eigenvalue weighted by Gasteiger charge is 2.06. The number of benzene rings is 1. The van der Waals surface area contributed by atoms with Gasteiger partial charge in [0.05, 0.1) is 7.11 Å². The van der Waals surface area contributed by atoms with Gasteiger partial charge in [-0.25, -0.2) is 0 Å². The SMILES string of the molecule is COc1cc2c(CN)c[nH]c2cc1C. The molecule has 0 spiro atoms. The molecule has 0 saturated carbocycles. The second-order valence-corrected chi connectivity index (χ2v) is 3.39. The summed E-state index contributed by atoms with van der Waals surface area (Å²) < 4.78 is 5.27. The molecule has 0 fully saturated rings. The lowest BCUT2D eigenvalue weighted by atomic mass is 10.1. The van der Waals surface area contributed by atoms with E-state index in [-0.39, 0.29) is 0 Å². The number of aromatic amines is 1. The van der Waals surface area contributed by atoms with Gasteiger partial charge in [-0.1, -0.05) is 0 Å². The van der Waals surface area contributed by atoms with Gasteiger partial charge in [0.25, 0.3) is 0 Å². The summed E-state index contributed by atoms with van der Waals surface area (Å²) in [7, 11) is 1.68. The van der Waals surface area contributed by atoms with Crippen molar-refractivity contribution in [2.24, 2.45) is 5.73 Å². The Bertz CT molecular complexity index is 460. The molecule has 0 unspecified atom stereocenters. The van der Waals surface area contributed by atoms with Crippen molar-refractivity contribution in [1.82, 2.24) is 4.98 Å². The Labute approximate surface area is 82.9 Å². The minimum absolute atomic E-state index is 0.548. The normalized spacial score (nSPS) is 10.8. The van der Waals surface area contributed by atoms with Crippen LogP contribution in [0.5, 0.6) is 5.75 Å². The van der Waals surface area contributed by atoms with Crippen molar-refractivity contribution in [1.29, 1.82) is 0 Å². The quantitative estimate of drug-likeness (QED) is 0.760. The molecule has 74 valence electrons. The Morgan fingerprint density at radius 3 is 2.86 bits per heavy atom. The molecular weight excluding hydrogens is 176 g/mol. The minimum Gasteiger partial charge on any atom is -0.496 e. The standard InChI is InChI=1S/C11H14N2O/c1-7-3-10-9(4-11(7)14-2)8(5-12)6-13-10/h3-4,6,13H,5,12H2,1-2H3. The van der Waals surface area contributed by atoms with Crippen LogP contribution in [0.25, 0.3) is 10.9 Å². The number of fused-ring (bicyclic) bond motifs is 1. The van der Waals surface area contributed by atoms with Crippen molar-refractivity contribution in [2.45, 2.75) is 13.5 Å². The third kappa shape index (κ3) is 1.26. The maximum Gasteiger partial charge on any atom is 0.122 e. The van der Waals surface area contributed by atoms with Crippen LogP contribution < -0.4 is 10.5 Å². The zero-order valence-corrected chi connectivity index (χ0v) is 8.42. The topological polar surface area (TPSA) is 51.0 Å². The van der Waals surface area contributed by atoms with Crippen molar-refractivity contribution in [3.05, 3.63) is 29.5 Å². The molecule has 3 nitrogen and oxygen atoms in total. The Balaban J connectivity index is 2.70. The van der Waals surface area contributed by atoms with Gasteiger partial charge >= 0.3 is 0 Å². The van der Waals surface area contributed by atoms with Crippen molar-refractivity contribution in [2.75, 3.05) is 7.11 Å². The summed E-state index contributed by atoms with van der Waals surface area (Å²) in [6, 6.07) is 4.11. The number of nitrogens with two attached hydrogens (primary N) is 1. The van der Waals surface area contributed by atoms with Crippen molar-refractivity contribution < 1.29 is 4.74 Å². The lowest BCUT2D eigenvalue weighted by molar-refractivity contribution is 0.412. The van der Waals surface area contributed by atoms with Crippen LogP contribution >= 0.6 is 0 Å². The van der Waals surface area contributed by atoms with E-state index in [0.717, 1.165) is 27.8 Å². The third-order valence-corrected chi connectivity index (χ3v) is 2.50. The zero-order chi connectivity index (χ0) is 10.1. The van der Waals surface area contributed by atoms with E-state index >= 15 is 0 Å². The van der Waals surface area contributed by atoms with Crippen molar-refractivity contribution in [3.63, 3.8) is 0 Å². The fourth-order valence-electron chi connectivity index (χ4n) is 1.70. The van der Waals surface area contributed by atoms with Gasteiger partial charge in [0, 0.05) is 23.6 Å². The maximum atomic E-state index is 5.63. The Morgan fingerprint density at radius 2 is 2.21 bits per heavy atom. The summed E-state index contributed by atoms with van der Waals surface area (Å²) >= 11 is 0. The van der Waals surface area contributed by atoms with Gasteiger partial charge in [-0.05, 0) is 30.2 Å². The average Bonchev–Trinajstić information content (AvgIpc) is 2.58. The molecule has 3 N–H and O–H groups in total. The first-order chi connectivity index (χ1) is 6.76. The highest BCUT2D eigenvalue weighted by atomic mass is 16.5. The van der Waals surface area contributed by atoms with Crippen LogP contribution in [-0.2, 0) is 6.54 Å². The second-order valence-electron chi connectivity index (χ2n) is 3.39. The fourth-order valence-corrected chi connectivity index (χ4v) is 1.70. The fraction of sp³-hybridized carbons (Fsp3) is 0.273. The smallest absolute Gasteiger partial charge is 0.122 e. The first-order valence-electron chi connectivity index (χ1n) is 4.61. The Hall–Kier alpha value is -1.48. The highest BCUT2D eigenvalue weighted by Crippen LogP contribution is 2.26. The number of methoxy groups -OCH3 is 1. The molecular formula is C11H14N2O. The molecule has 3 heteroatoms. The van der Waals surface area contributed by atoms with Gasteiger partial charge in [-0.2, -0.15) is 0 Å². The van der Waals surface area contributed by atoms with Gasteiger partial charge in [-0.15, -0.1) is 0 Å². The molecule has 0 amide bonds. The number of rotatable bonds is 2. The summed E-state index contributed by atoms with van der Waals surface area (Å²) in [6.07, 6.45) is 1.95. The number of aromatic nitrogens is 1. The number of hydrogen-bond donors (Lipinski definition) is 2. The van der Waals surface area contributed by atoms with Gasteiger partial charge in [0.2, 0.25) is 0 Å². The summed E-state index contributed by atoms with van der Waals surface area (Å²) in [5.74, 6) is 0.909. The predicted octanol–water partition coefficient (Wildman–Crippen LogP) is 1.94. The molecule has 2 aromatic rings. The van der Waals surface area contributed by atoms with E-state index in [1.165, 1.54) is 0 Å². The second kappa shape index (κ2) is 3.35. The van der Waals surface area contributed by atoms with Gasteiger partial charge in [-0.3, -0.25) is 0 Å². The molecule has 0 radical (unpaired) electrons. The molecule has 0 atom stereocenters. The molecule has 0 saturated heterocycles. The molecule has 1 aromatic carbocycles. The van der Waals surface area contributed by atoms with E-state index in [1.807, 2.05) is 19.2 Å². The summed E-state index contributed by atoms with van der Waals surface area (Å²) in [6.45, 7) is 2.58. The monoisotopic (exact) mass is 190 g/mol. The van der Waals surface area contributed by atoms with Crippen LogP contribution in [0.1, 0.15) is 11.1 Å². The lowest BCUT2D eigenvalue weighted by Crippen LogP contribution is -1.94. The number of hydrogen-bond acceptors (Lipinski definition) is 2. The molecule has 2 rings (SSSR count). The van der Waals surface area contributed by atoms with Crippen molar-refractivity contribution >= 4 is 10.9 Å². The van der Waals surface area contributed by atoms with Gasteiger partial charge < -0.3 is 15.5 Å². The summed E-state index contributed by atoms with van der Waals surface area (Å²) in [4.78, 5) is 3.20. The maximum absolute atomic E-state index is 5.63. The molecule has 0 bridgehead atoms. The lowest BCUT2D eigenvalue weighted by Gasteiger charge is -2.04. The van der Waals surface area contributed by atoms with E-state index in [2.05, 4.69) is 11.1 Å². The zero-order valence-electron chi connectivity index (χ0n) is 8.42. The third-order valence-electron chi connectivity index (χ3n) is 2.50. The Kier molecular flexibility index (Phi) is 2.17. The van der Waals surface area contributed by atoms with Crippen LogP contribution in [-0.4, -0.2) is 12.1 Å². The predicted molar refractivity (Wildman–Crippen MR) is 57.5 cm³/mol. The highest BCUT2D eigenvalue weighted by molar-refractivity contribution is 5.85. The van der Waals surface area contributed by atoms with Gasteiger partial charge in [0.1, 0.15) is 5.75 Å². The van der Waals surface area contributed by atoms with Crippen LogP contribution in [0.15, 0.2) is 18.3 Å². The van der Waals surface area contributed by atoms with E-state index in [4.69, 9.17) is 10.5 Å². The largest absolute Gasteiger partial charge is 0.496 e. The summed E-state index contributed by atoms with van der Waals surface area (Å²) in [5, 5.41) is 1.15. The number of H-pyrrole nitrogens is 1. The molecule has 1 aromatic heterocycles. The van der Waals surface area contributed by atoms with E-state index in [1.54, 1.807) is 7.11 Å². The first kappa shape index (κ1) is 9.09. The summed E-state index contributed by atoms with van der Waals surface area (Å²) in [5.41, 5.74) is 9.00. The number of ether oxygens (including phenoxy) is 1. The number of nitrogens with one attached hydrogen (secondary N) is 1. The molecule has 0 aliphatic heterocycles. The molecule has 0 aliphatic carbocycles. The average molecular weight is 190 g/mol. The Morgan fingerprint density at radius 1 is 1.43 bits per heavy atom. The number of aryl methyl sites for hydroxylation is 1. The van der Waals surface area contributed by atoms with E-state index in [9.17, 15) is 0 Å². The molecule has 1 heterocycles. The van der Waals surface area contributed by atoms with Crippen LogP contribution in [0.2, 0.25) is 0 Å². The van der Waals surface area contributed by atoms with Gasteiger partial charge in [0.15, 0.2) is 0 Å². The molecule has 14 heavy (non-hydrogen) atoms. The van der Waals surface area contributed by atoms with E-state index < -0.39 is 0 Å². The van der Waals surface area contributed by atoms with Crippen LogP contribution in [0.3, 0.4) is 0 Å².